The van der Waals surface area contributed by atoms with Crippen LogP contribution in [0.2, 0.25) is 0 Å². The molecule has 2 atom stereocenters. The van der Waals surface area contributed by atoms with Crippen LogP contribution in [0.3, 0.4) is 0 Å². The van der Waals surface area contributed by atoms with Crippen molar-refractivity contribution in [1.29, 1.82) is 0 Å². The summed E-state index contributed by atoms with van der Waals surface area (Å²) in [5.74, 6) is -1.82. The summed E-state index contributed by atoms with van der Waals surface area (Å²) in [6.45, 7) is 4.81. The molecule has 0 aliphatic carbocycles. The highest BCUT2D eigenvalue weighted by Crippen LogP contribution is 2.23. The molecule has 0 aromatic heterocycles. The van der Waals surface area contributed by atoms with Crippen molar-refractivity contribution in [1.82, 2.24) is 14.7 Å². The zero-order valence-electron chi connectivity index (χ0n) is 21.2. The average molecular weight is 534 g/mol. The third-order valence-electron chi connectivity index (χ3n) is 6.50. The van der Waals surface area contributed by atoms with Crippen LogP contribution in [-0.4, -0.2) is 78.6 Å². The van der Waals surface area contributed by atoms with E-state index in [9.17, 15) is 23.1 Å². The van der Waals surface area contributed by atoms with Crippen molar-refractivity contribution < 1.29 is 33.1 Å². The van der Waals surface area contributed by atoms with Crippen molar-refractivity contribution in [2.24, 2.45) is 5.92 Å². The van der Waals surface area contributed by atoms with Gasteiger partial charge in [-0.15, -0.1) is 0 Å². The lowest BCUT2D eigenvalue weighted by molar-refractivity contribution is -0.151. The zero-order valence-corrected chi connectivity index (χ0v) is 22.0. The third kappa shape index (κ3) is 7.29. The van der Waals surface area contributed by atoms with Crippen LogP contribution < -0.4 is 10.2 Å². The summed E-state index contributed by atoms with van der Waals surface area (Å²) >= 11 is 0. The topological polar surface area (TPSA) is 136 Å². The maximum Gasteiger partial charge on any atom is 0.272 e. The molecule has 37 heavy (non-hydrogen) atoms. The molecule has 1 aliphatic rings. The van der Waals surface area contributed by atoms with Crippen LogP contribution >= 0.6 is 0 Å². The SMILES string of the molecule is CCOc1ccc(CCC[C@@H](C(=O)N2CCN(S(=O)(=O)c3ccc(C)cc3)CC2)[C@H](O)C(=O)NO)cc1. The Hall–Kier alpha value is -2.99. The number of hydrogen-bond acceptors (Lipinski definition) is 7. The molecule has 0 radical (unpaired) electrons. The maximum atomic E-state index is 13.3. The smallest absolute Gasteiger partial charge is 0.272 e. The van der Waals surface area contributed by atoms with Crippen molar-refractivity contribution in [3.8, 4) is 5.75 Å². The number of piperazine rings is 1. The summed E-state index contributed by atoms with van der Waals surface area (Å²) in [5, 5.41) is 19.5. The summed E-state index contributed by atoms with van der Waals surface area (Å²) in [4.78, 5) is 26.9. The van der Waals surface area contributed by atoms with E-state index in [4.69, 9.17) is 9.94 Å². The lowest BCUT2D eigenvalue weighted by Crippen LogP contribution is -2.54. The largest absolute Gasteiger partial charge is 0.494 e. The molecule has 0 unspecified atom stereocenters. The second-order valence-electron chi connectivity index (χ2n) is 9.04. The number of aliphatic hydroxyl groups is 1. The second kappa shape index (κ2) is 13.0. The number of hydrogen-bond donors (Lipinski definition) is 3. The Bertz CT molecular complexity index is 1150. The number of benzene rings is 2. The highest BCUT2D eigenvalue weighted by atomic mass is 32.2. The number of nitrogens with one attached hydrogen (secondary N) is 1. The van der Waals surface area contributed by atoms with E-state index in [1.807, 2.05) is 38.1 Å². The Balaban J connectivity index is 1.62. The molecule has 1 aliphatic heterocycles. The molecule has 1 saturated heterocycles. The van der Waals surface area contributed by atoms with Crippen molar-refractivity contribution in [3.63, 3.8) is 0 Å². The van der Waals surface area contributed by atoms with E-state index in [1.54, 1.807) is 24.3 Å². The summed E-state index contributed by atoms with van der Waals surface area (Å²) in [6, 6.07) is 14.2. The predicted molar refractivity (Wildman–Crippen MR) is 136 cm³/mol. The summed E-state index contributed by atoms with van der Waals surface area (Å²) in [7, 11) is -3.69. The first-order chi connectivity index (χ1) is 17.7. The fourth-order valence-electron chi connectivity index (χ4n) is 4.35. The van der Waals surface area contributed by atoms with Gasteiger partial charge in [0.1, 0.15) is 11.9 Å². The van der Waals surface area contributed by atoms with Gasteiger partial charge in [-0.1, -0.05) is 29.8 Å². The quantitative estimate of drug-likeness (QED) is 0.296. The summed E-state index contributed by atoms with van der Waals surface area (Å²) in [5.41, 5.74) is 3.39. The van der Waals surface area contributed by atoms with Gasteiger partial charge in [0.05, 0.1) is 17.4 Å². The van der Waals surface area contributed by atoms with Gasteiger partial charge in [0.2, 0.25) is 15.9 Å². The van der Waals surface area contributed by atoms with E-state index >= 15 is 0 Å². The molecule has 0 spiro atoms. The molecule has 202 valence electrons. The van der Waals surface area contributed by atoms with Crippen molar-refractivity contribution >= 4 is 21.8 Å². The van der Waals surface area contributed by atoms with Crippen LogP contribution in [0.1, 0.15) is 30.9 Å². The number of amides is 2. The zero-order chi connectivity index (χ0) is 27.0. The van der Waals surface area contributed by atoms with E-state index in [0.29, 0.717) is 19.4 Å². The summed E-state index contributed by atoms with van der Waals surface area (Å²) in [6.07, 6.45) is -0.386. The van der Waals surface area contributed by atoms with E-state index in [0.717, 1.165) is 16.9 Å². The number of ether oxygens (including phenoxy) is 1. The highest BCUT2D eigenvalue weighted by Gasteiger charge is 2.37. The normalized spacial score (nSPS) is 16.2. The highest BCUT2D eigenvalue weighted by molar-refractivity contribution is 7.89. The van der Waals surface area contributed by atoms with Gasteiger partial charge < -0.3 is 14.7 Å². The minimum Gasteiger partial charge on any atom is -0.494 e. The maximum absolute atomic E-state index is 13.3. The monoisotopic (exact) mass is 533 g/mol. The number of hydroxylamine groups is 1. The van der Waals surface area contributed by atoms with Crippen LogP contribution in [0, 0.1) is 12.8 Å². The Morgan fingerprint density at radius 1 is 1.03 bits per heavy atom. The van der Waals surface area contributed by atoms with Gasteiger partial charge in [-0.05, 0) is 62.9 Å². The molecule has 10 nitrogen and oxygen atoms in total. The lowest BCUT2D eigenvalue weighted by Gasteiger charge is -2.36. The average Bonchev–Trinajstić information content (AvgIpc) is 2.91. The third-order valence-corrected chi connectivity index (χ3v) is 8.41. The van der Waals surface area contributed by atoms with Crippen LogP contribution in [0.15, 0.2) is 53.4 Å². The Labute approximate surface area is 217 Å². The molecular weight excluding hydrogens is 498 g/mol. The number of aryl methyl sites for hydroxylation is 2. The molecule has 2 aromatic rings. The molecule has 3 N–H and O–H groups in total. The molecule has 1 heterocycles. The predicted octanol–water partition coefficient (Wildman–Crippen LogP) is 1.73. The Morgan fingerprint density at radius 3 is 2.22 bits per heavy atom. The minimum absolute atomic E-state index is 0.100. The Morgan fingerprint density at radius 2 is 1.65 bits per heavy atom. The van der Waals surface area contributed by atoms with Crippen LogP contribution in [0.5, 0.6) is 5.75 Å². The van der Waals surface area contributed by atoms with Gasteiger partial charge >= 0.3 is 0 Å². The first-order valence-corrected chi connectivity index (χ1v) is 13.8. The lowest BCUT2D eigenvalue weighted by atomic mass is 9.92. The first kappa shape index (κ1) is 28.6. The van der Waals surface area contributed by atoms with Gasteiger partial charge in [-0.3, -0.25) is 14.8 Å². The number of nitrogens with zero attached hydrogens (tertiary/aromatic N) is 2. The number of carbonyl (C=O) groups is 2. The van der Waals surface area contributed by atoms with Crippen molar-refractivity contribution in [2.45, 2.75) is 44.1 Å². The van der Waals surface area contributed by atoms with E-state index in [2.05, 4.69) is 0 Å². The number of carbonyl (C=O) groups excluding carboxylic acids is 2. The molecule has 1 fully saturated rings. The van der Waals surface area contributed by atoms with Crippen molar-refractivity contribution in [2.75, 3.05) is 32.8 Å². The van der Waals surface area contributed by atoms with Gasteiger partial charge in [0.25, 0.3) is 5.91 Å². The van der Waals surface area contributed by atoms with Gasteiger partial charge in [0.15, 0.2) is 0 Å². The van der Waals surface area contributed by atoms with E-state index in [-0.39, 0.29) is 37.5 Å². The minimum atomic E-state index is -3.69. The molecule has 2 amide bonds. The fourth-order valence-corrected chi connectivity index (χ4v) is 5.78. The van der Waals surface area contributed by atoms with Crippen molar-refractivity contribution in [3.05, 3.63) is 59.7 Å². The van der Waals surface area contributed by atoms with Gasteiger partial charge in [-0.2, -0.15) is 4.31 Å². The van der Waals surface area contributed by atoms with E-state index in [1.165, 1.54) is 14.7 Å². The van der Waals surface area contributed by atoms with E-state index < -0.39 is 33.9 Å². The van der Waals surface area contributed by atoms with Gasteiger partial charge in [-0.25, -0.2) is 13.9 Å². The molecule has 2 aromatic carbocycles. The van der Waals surface area contributed by atoms with Crippen LogP contribution in [-0.2, 0) is 26.0 Å². The van der Waals surface area contributed by atoms with Crippen LogP contribution in [0.25, 0.3) is 0 Å². The molecule has 3 rings (SSSR count). The fraction of sp³-hybridized carbons (Fsp3) is 0.462. The number of aliphatic hydroxyl groups excluding tert-OH is 1. The molecule has 0 bridgehead atoms. The number of sulfonamides is 1. The Kier molecular flexibility index (Phi) is 10.0. The van der Waals surface area contributed by atoms with Crippen LogP contribution in [0.4, 0.5) is 0 Å². The molecule has 0 saturated carbocycles. The second-order valence-corrected chi connectivity index (χ2v) is 11.0. The standard InChI is InChI=1S/C26H35N3O7S/c1-3-36-21-11-9-20(10-12-21)5-4-6-23(24(30)25(31)27-33)26(32)28-15-17-29(18-16-28)37(34,35)22-13-7-19(2)8-14-22/h7-14,23-24,30,33H,3-6,15-18H2,1-2H3,(H,27,31)/t23-,24+/m1/s1. The first-order valence-electron chi connectivity index (χ1n) is 12.4. The number of rotatable bonds is 11. The van der Waals surface area contributed by atoms with Gasteiger partial charge in [0, 0.05) is 26.2 Å². The molecular formula is C26H35N3O7S. The summed E-state index contributed by atoms with van der Waals surface area (Å²) < 4.78 is 32.7. The molecule has 11 heteroatoms.